The standard InChI is InChI=1S/C3H3Br2NO/c4-2-1-7-6-3(2)5/h2H,1H2. The zero-order valence-corrected chi connectivity index (χ0v) is 6.57. The van der Waals surface area contributed by atoms with Crippen LogP contribution in [0, 0.1) is 0 Å². The lowest BCUT2D eigenvalue weighted by molar-refractivity contribution is 0.176. The van der Waals surface area contributed by atoms with Crippen molar-refractivity contribution in [3.05, 3.63) is 0 Å². The molecule has 0 aromatic rings. The van der Waals surface area contributed by atoms with E-state index in [9.17, 15) is 0 Å². The first-order valence-corrected chi connectivity index (χ1v) is 3.51. The van der Waals surface area contributed by atoms with E-state index in [1.165, 1.54) is 0 Å². The molecule has 0 radical (unpaired) electrons. The highest BCUT2D eigenvalue weighted by Gasteiger charge is 2.16. The Balaban J connectivity index is 2.54. The van der Waals surface area contributed by atoms with Crippen molar-refractivity contribution in [2.24, 2.45) is 5.16 Å². The highest BCUT2D eigenvalue weighted by Crippen LogP contribution is 2.14. The van der Waals surface area contributed by atoms with E-state index < -0.39 is 0 Å². The number of rotatable bonds is 0. The summed E-state index contributed by atoms with van der Waals surface area (Å²) in [6, 6.07) is 0. The fraction of sp³-hybridized carbons (Fsp3) is 0.667. The molecule has 0 amide bonds. The monoisotopic (exact) mass is 227 g/mol. The summed E-state index contributed by atoms with van der Waals surface area (Å²) in [6.07, 6.45) is 0. The van der Waals surface area contributed by atoms with Crippen molar-refractivity contribution in [1.82, 2.24) is 0 Å². The third-order valence-electron chi connectivity index (χ3n) is 0.631. The summed E-state index contributed by atoms with van der Waals surface area (Å²) < 4.78 is 0.840. The molecule has 0 spiro atoms. The van der Waals surface area contributed by atoms with Gasteiger partial charge in [-0.05, 0) is 15.9 Å². The molecule has 0 N–H and O–H groups in total. The smallest absolute Gasteiger partial charge is 0.139 e. The maximum atomic E-state index is 4.66. The van der Waals surface area contributed by atoms with Gasteiger partial charge in [0.15, 0.2) is 0 Å². The van der Waals surface area contributed by atoms with Crippen molar-refractivity contribution in [3.8, 4) is 0 Å². The number of halogens is 2. The molecule has 40 valence electrons. The fourth-order valence-electron chi connectivity index (χ4n) is 0.290. The average molecular weight is 229 g/mol. The van der Waals surface area contributed by atoms with E-state index in [2.05, 4.69) is 41.9 Å². The van der Waals surface area contributed by atoms with Gasteiger partial charge in [-0.15, -0.1) is 0 Å². The summed E-state index contributed by atoms with van der Waals surface area (Å²) in [5.41, 5.74) is 0. The van der Waals surface area contributed by atoms with E-state index in [0.717, 1.165) is 4.62 Å². The summed E-state index contributed by atoms with van der Waals surface area (Å²) >= 11 is 6.48. The molecule has 0 bridgehead atoms. The van der Waals surface area contributed by atoms with E-state index in [0.29, 0.717) is 6.61 Å². The first-order valence-electron chi connectivity index (χ1n) is 1.80. The van der Waals surface area contributed by atoms with Gasteiger partial charge in [0.25, 0.3) is 0 Å². The number of hydrogen-bond donors (Lipinski definition) is 0. The zero-order chi connectivity index (χ0) is 5.28. The average Bonchev–Trinajstić information content (AvgIpc) is 1.91. The van der Waals surface area contributed by atoms with Crippen molar-refractivity contribution in [3.63, 3.8) is 0 Å². The van der Waals surface area contributed by atoms with E-state index >= 15 is 0 Å². The summed E-state index contributed by atoms with van der Waals surface area (Å²) in [7, 11) is 0. The van der Waals surface area contributed by atoms with Gasteiger partial charge in [-0.25, -0.2) is 0 Å². The van der Waals surface area contributed by atoms with Crippen LogP contribution in [0.15, 0.2) is 5.16 Å². The molecule has 2 nitrogen and oxygen atoms in total. The molecule has 0 aliphatic carbocycles. The fourth-order valence-corrected chi connectivity index (χ4v) is 0.727. The Hall–Kier alpha value is 0.430. The third-order valence-corrected chi connectivity index (χ3v) is 2.64. The van der Waals surface area contributed by atoms with Crippen LogP contribution in [0.5, 0.6) is 0 Å². The van der Waals surface area contributed by atoms with Crippen LogP contribution in [0.2, 0.25) is 0 Å². The zero-order valence-electron chi connectivity index (χ0n) is 3.40. The van der Waals surface area contributed by atoms with Crippen LogP contribution in [0.1, 0.15) is 0 Å². The Labute approximate surface area is 58.2 Å². The van der Waals surface area contributed by atoms with Gasteiger partial charge >= 0.3 is 0 Å². The molecule has 0 saturated heterocycles. The number of nitrogens with zero attached hydrogens (tertiary/aromatic N) is 1. The lowest BCUT2D eigenvalue weighted by Crippen LogP contribution is -2.03. The van der Waals surface area contributed by atoms with Crippen LogP contribution >= 0.6 is 31.9 Å². The topological polar surface area (TPSA) is 21.6 Å². The normalized spacial score (nSPS) is 29.4. The minimum atomic E-state index is 0.271. The van der Waals surface area contributed by atoms with Crippen LogP contribution in [-0.4, -0.2) is 16.1 Å². The summed E-state index contributed by atoms with van der Waals surface area (Å²) in [5.74, 6) is 0. The molecule has 1 aliphatic rings. The van der Waals surface area contributed by atoms with Crippen molar-refractivity contribution < 1.29 is 4.84 Å². The van der Waals surface area contributed by atoms with Crippen molar-refractivity contribution in [1.29, 1.82) is 0 Å². The van der Waals surface area contributed by atoms with Crippen LogP contribution in [0.25, 0.3) is 0 Å². The van der Waals surface area contributed by atoms with E-state index in [-0.39, 0.29) is 4.83 Å². The van der Waals surface area contributed by atoms with Gasteiger partial charge < -0.3 is 4.84 Å². The molecular weight excluding hydrogens is 226 g/mol. The minimum absolute atomic E-state index is 0.271. The first-order chi connectivity index (χ1) is 3.30. The number of alkyl halides is 1. The molecule has 1 heterocycles. The maximum absolute atomic E-state index is 4.66. The predicted octanol–water partition coefficient (Wildman–Crippen LogP) is 1.49. The van der Waals surface area contributed by atoms with Crippen LogP contribution < -0.4 is 0 Å². The second-order valence-corrected chi connectivity index (χ2v) is 3.10. The molecule has 0 saturated carbocycles. The van der Waals surface area contributed by atoms with Gasteiger partial charge in [-0.1, -0.05) is 21.1 Å². The molecular formula is C3H3Br2NO. The Morgan fingerprint density at radius 2 is 2.57 bits per heavy atom. The Morgan fingerprint density at radius 3 is 2.71 bits per heavy atom. The van der Waals surface area contributed by atoms with Crippen molar-refractivity contribution in [2.45, 2.75) is 4.83 Å². The molecule has 0 aromatic heterocycles. The molecule has 1 rings (SSSR count). The molecule has 1 atom stereocenters. The van der Waals surface area contributed by atoms with Crippen molar-refractivity contribution in [2.75, 3.05) is 6.61 Å². The van der Waals surface area contributed by atoms with E-state index in [1.807, 2.05) is 0 Å². The Bertz CT molecular complexity index is 103. The van der Waals surface area contributed by atoms with Gasteiger partial charge in [-0.3, -0.25) is 0 Å². The molecule has 4 heteroatoms. The SMILES string of the molecule is BrC1=NOCC1Br. The third kappa shape index (κ3) is 1.16. The van der Waals surface area contributed by atoms with E-state index in [1.54, 1.807) is 0 Å². The second kappa shape index (κ2) is 2.13. The lowest BCUT2D eigenvalue weighted by atomic mass is 10.5. The highest BCUT2D eigenvalue weighted by atomic mass is 79.9. The predicted molar refractivity (Wildman–Crippen MR) is 35.0 cm³/mol. The molecule has 0 fully saturated rings. The van der Waals surface area contributed by atoms with Gasteiger partial charge in [0.1, 0.15) is 16.1 Å². The Kier molecular flexibility index (Phi) is 1.69. The molecule has 1 unspecified atom stereocenters. The molecule has 0 aromatic carbocycles. The molecule has 1 aliphatic heterocycles. The van der Waals surface area contributed by atoms with Crippen molar-refractivity contribution >= 4 is 36.5 Å². The lowest BCUT2D eigenvalue weighted by Gasteiger charge is -1.88. The quantitative estimate of drug-likeness (QED) is 0.576. The number of oxime groups is 1. The van der Waals surface area contributed by atoms with Gasteiger partial charge in [0.05, 0.1) is 0 Å². The first kappa shape index (κ1) is 5.56. The summed E-state index contributed by atoms with van der Waals surface area (Å²) in [6.45, 7) is 0.639. The summed E-state index contributed by atoms with van der Waals surface area (Å²) in [4.78, 5) is 4.93. The van der Waals surface area contributed by atoms with Crippen LogP contribution in [0.4, 0.5) is 0 Å². The molecule has 7 heavy (non-hydrogen) atoms. The minimum Gasteiger partial charge on any atom is -0.393 e. The van der Waals surface area contributed by atoms with Gasteiger partial charge in [0, 0.05) is 0 Å². The highest BCUT2D eigenvalue weighted by molar-refractivity contribution is 9.20. The van der Waals surface area contributed by atoms with E-state index in [4.69, 9.17) is 0 Å². The largest absolute Gasteiger partial charge is 0.393 e. The Morgan fingerprint density at radius 1 is 1.86 bits per heavy atom. The van der Waals surface area contributed by atoms with Crippen LogP contribution in [0.3, 0.4) is 0 Å². The second-order valence-electron chi connectivity index (χ2n) is 1.18. The van der Waals surface area contributed by atoms with Crippen LogP contribution in [-0.2, 0) is 4.84 Å². The maximum Gasteiger partial charge on any atom is 0.139 e. The summed E-state index contributed by atoms with van der Waals surface area (Å²) in [5, 5.41) is 3.60. The van der Waals surface area contributed by atoms with Gasteiger partial charge in [0.2, 0.25) is 0 Å². The number of hydrogen-bond acceptors (Lipinski definition) is 2. The van der Waals surface area contributed by atoms with Gasteiger partial charge in [-0.2, -0.15) is 0 Å².